The quantitative estimate of drug-likeness (QED) is 0.614. The molecule has 30 heavy (non-hydrogen) atoms. The second-order valence-corrected chi connectivity index (χ2v) is 8.05. The van der Waals surface area contributed by atoms with Gasteiger partial charge in [-0.05, 0) is 37.3 Å². The second-order valence-electron chi connectivity index (χ2n) is 7.11. The predicted octanol–water partition coefficient (Wildman–Crippen LogP) is 4.34. The lowest BCUT2D eigenvalue weighted by atomic mass is 9.96. The number of amides is 1. The highest BCUT2D eigenvalue weighted by atomic mass is 32.1. The largest absolute Gasteiger partial charge is 0.433 e. The van der Waals surface area contributed by atoms with E-state index >= 15 is 0 Å². The van der Waals surface area contributed by atoms with Crippen LogP contribution >= 0.6 is 11.3 Å². The number of nitrogens with zero attached hydrogens (tertiary/aromatic N) is 5. The van der Waals surface area contributed by atoms with Gasteiger partial charge in [-0.3, -0.25) is 9.78 Å². The summed E-state index contributed by atoms with van der Waals surface area (Å²) in [5.41, 5.74) is 0.186. The summed E-state index contributed by atoms with van der Waals surface area (Å²) in [6, 6.07) is 4.46. The fraction of sp³-hybridized carbons (Fsp3) is 0.350. The van der Waals surface area contributed by atoms with E-state index in [2.05, 4.69) is 19.9 Å². The molecule has 1 atom stereocenters. The van der Waals surface area contributed by atoms with E-state index in [1.807, 2.05) is 0 Å². The second kappa shape index (κ2) is 8.10. The minimum absolute atomic E-state index is 0.112. The van der Waals surface area contributed by atoms with E-state index in [0.717, 1.165) is 6.07 Å². The molecule has 4 heterocycles. The summed E-state index contributed by atoms with van der Waals surface area (Å²) >= 11 is 1.32. The Morgan fingerprint density at radius 3 is 2.73 bits per heavy atom. The highest BCUT2D eigenvalue weighted by molar-refractivity contribution is 7.13. The van der Waals surface area contributed by atoms with Gasteiger partial charge in [0.1, 0.15) is 17.2 Å². The summed E-state index contributed by atoms with van der Waals surface area (Å²) in [7, 11) is 0. The topological polar surface area (TPSA) is 71.9 Å². The molecule has 0 N–H and O–H groups in total. The Labute approximate surface area is 174 Å². The highest BCUT2D eigenvalue weighted by Gasteiger charge is 2.36. The summed E-state index contributed by atoms with van der Waals surface area (Å²) in [6.07, 6.45) is -0.404. The number of alkyl halides is 3. The van der Waals surface area contributed by atoms with Crippen molar-refractivity contribution in [3.63, 3.8) is 0 Å². The molecule has 0 bridgehead atoms. The van der Waals surface area contributed by atoms with Crippen LogP contribution in [0.3, 0.4) is 0 Å². The van der Waals surface area contributed by atoms with Crippen molar-refractivity contribution in [3.05, 3.63) is 58.9 Å². The molecule has 0 unspecified atom stereocenters. The van der Waals surface area contributed by atoms with Crippen LogP contribution in [0.15, 0.2) is 36.0 Å². The maximum atomic E-state index is 13.4. The molecule has 0 radical (unpaired) electrons. The lowest BCUT2D eigenvalue weighted by Crippen LogP contribution is -2.40. The van der Waals surface area contributed by atoms with Gasteiger partial charge in [0.15, 0.2) is 0 Å². The summed E-state index contributed by atoms with van der Waals surface area (Å²) in [4.78, 5) is 31.4. The van der Waals surface area contributed by atoms with Gasteiger partial charge < -0.3 is 4.90 Å². The third-order valence-corrected chi connectivity index (χ3v) is 5.77. The van der Waals surface area contributed by atoms with Crippen LogP contribution in [0.2, 0.25) is 0 Å². The zero-order valence-electron chi connectivity index (χ0n) is 16.1. The average Bonchev–Trinajstić information content (AvgIpc) is 3.28. The molecule has 3 aromatic rings. The van der Waals surface area contributed by atoms with Crippen molar-refractivity contribution in [3.8, 4) is 10.6 Å². The summed E-state index contributed by atoms with van der Waals surface area (Å²) < 4.78 is 40.3. The van der Waals surface area contributed by atoms with E-state index in [1.165, 1.54) is 23.7 Å². The molecule has 1 aliphatic rings. The number of rotatable bonds is 3. The van der Waals surface area contributed by atoms with Crippen molar-refractivity contribution in [2.24, 2.45) is 0 Å². The molecular formula is C20H18F3N5OS. The zero-order chi connectivity index (χ0) is 21.3. The number of carbonyl (C=O) groups is 1. The normalized spacial score (nSPS) is 17.2. The Hall–Kier alpha value is -2.88. The number of hydrogen-bond acceptors (Lipinski definition) is 6. The Morgan fingerprint density at radius 2 is 2.07 bits per heavy atom. The lowest BCUT2D eigenvalue weighted by molar-refractivity contribution is -0.141. The van der Waals surface area contributed by atoms with Crippen LogP contribution in [0.4, 0.5) is 13.2 Å². The number of halogens is 3. The first kappa shape index (κ1) is 20.4. The molecule has 0 saturated carbocycles. The van der Waals surface area contributed by atoms with E-state index in [1.54, 1.807) is 29.3 Å². The first-order valence-corrected chi connectivity index (χ1v) is 10.3. The Bertz CT molecular complexity index is 1040. The Morgan fingerprint density at radius 1 is 1.23 bits per heavy atom. The molecule has 4 rings (SSSR count). The van der Waals surface area contributed by atoms with Crippen LogP contribution in [0.1, 0.15) is 46.5 Å². The van der Waals surface area contributed by atoms with E-state index in [-0.39, 0.29) is 35.6 Å². The minimum atomic E-state index is -4.58. The maximum Gasteiger partial charge on any atom is 0.433 e. The molecule has 10 heteroatoms. The SMILES string of the molecule is Cc1cnc(C(=O)N2CCC[C@H](c3nc(-c4cccs4)cc(C(F)(F)F)n3)C2)cn1. The van der Waals surface area contributed by atoms with Crippen molar-refractivity contribution in [2.75, 3.05) is 13.1 Å². The summed E-state index contributed by atoms with van der Waals surface area (Å²) in [6.45, 7) is 2.51. The molecule has 1 saturated heterocycles. The summed E-state index contributed by atoms with van der Waals surface area (Å²) in [5, 5.41) is 1.79. The van der Waals surface area contributed by atoms with Crippen LogP contribution < -0.4 is 0 Å². The fourth-order valence-electron chi connectivity index (χ4n) is 3.38. The molecule has 0 aromatic carbocycles. The van der Waals surface area contributed by atoms with Crippen molar-refractivity contribution >= 4 is 17.2 Å². The van der Waals surface area contributed by atoms with E-state index < -0.39 is 11.9 Å². The third kappa shape index (κ3) is 4.33. The zero-order valence-corrected chi connectivity index (χ0v) is 16.9. The standard InChI is InChI=1S/C20H18F3N5OS/c1-12-9-25-15(10-24-12)19(29)28-6-2-4-13(11-28)18-26-14(16-5-3-7-30-16)8-17(27-18)20(21,22)23/h3,5,7-10,13H,2,4,6,11H2,1H3/t13-/m0/s1. The van der Waals surface area contributed by atoms with Crippen molar-refractivity contribution in [2.45, 2.75) is 31.9 Å². The molecule has 156 valence electrons. The average molecular weight is 433 g/mol. The van der Waals surface area contributed by atoms with Gasteiger partial charge in [-0.1, -0.05) is 6.07 Å². The molecule has 1 aliphatic heterocycles. The molecule has 0 spiro atoms. The van der Waals surface area contributed by atoms with Gasteiger partial charge in [0, 0.05) is 25.2 Å². The minimum Gasteiger partial charge on any atom is -0.337 e. The Balaban J connectivity index is 1.63. The highest BCUT2D eigenvalue weighted by Crippen LogP contribution is 2.34. The first-order chi connectivity index (χ1) is 14.3. The van der Waals surface area contributed by atoms with Gasteiger partial charge in [0.2, 0.25) is 0 Å². The van der Waals surface area contributed by atoms with Crippen LogP contribution in [0.5, 0.6) is 0 Å². The van der Waals surface area contributed by atoms with Gasteiger partial charge >= 0.3 is 6.18 Å². The van der Waals surface area contributed by atoms with Crippen LogP contribution in [0.25, 0.3) is 10.6 Å². The molecule has 3 aromatic heterocycles. The lowest BCUT2D eigenvalue weighted by Gasteiger charge is -2.32. The van der Waals surface area contributed by atoms with E-state index in [4.69, 9.17) is 0 Å². The summed E-state index contributed by atoms with van der Waals surface area (Å²) in [5.74, 6) is -0.569. The van der Waals surface area contributed by atoms with Crippen molar-refractivity contribution in [1.29, 1.82) is 0 Å². The van der Waals surface area contributed by atoms with E-state index in [9.17, 15) is 18.0 Å². The molecule has 6 nitrogen and oxygen atoms in total. The molecule has 0 aliphatic carbocycles. The van der Waals surface area contributed by atoms with Gasteiger partial charge in [-0.2, -0.15) is 13.2 Å². The molecule has 1 fully saturated rings. The van der Waals surface area contributed by atoms with Gasteiger partial charge in [0.05, 0.1) is 22.5 Å². The predicted molar refractivity (Wildman–Crippen MR) is 105 cm³/mol. The fourth-order valence-corrected chi connectivity index (χ4v) is 4.07. The number of thiophene rings is 1. The number of carbonyl (C=O) groups excluding carboxylic acids is 1. The third-order valence-electron chi connectivity index (χ3n) is 4.88. The van der Waals surface area contributed by atoms with E-state index in [0.29, 0.717) is 30.0 Å². The molecular weight excluding hydrogens is 415 g/mol. The van der Waals surface area contributed by atoms with Crippen molar-refractivity contribution < 1.29 is 18.0 Å². The van der Waals surface area contributed by atoms with Crippen LogP contribution in [-0.2, 0) is 6.18 Å². The van der Waals surface area contributed by atoms with Crippen LogP contribution in [0, 0.1) is 6.92 Å². The first-order valence-electron chi connectivity index (χ1n) is 9.39. The van der Waals surface area contributed by atoms with Crippen LogP contribution in [-0.4, -0.2) is 43.8 Å². The monoisotopic (exact) mass is 433 g/mol. The maximum absolute atomic E-state index is 13.4. The Kier molecular flexibility index (Phi) is 5.50. The number of aryl methyl sites for hydroxylation is 1. The number of likely N-dealkylation sites (tertiary alicyclic amines) is 1. The van der Waals surface area contributed by atoms with Gasteiger partial charge in [-0.15, -0.1) is 11.3 Å². The number of aromatic nitrogens is 4. The molecule has 1 amide bonds. The number of hydrogen-bond donors (Lipinski definition) is 0. The van der Waals surface area contributed by atoms with Crippen molar-refractivity contribution in [1.82, 2.24) is 24.8 Å². The smallest absolute Gasteiger partial charge is 0.337 e. The van der Waals surface area contributed by atoms with Gasteiger partial charge in [-0.25, -0.2) is 15.0 Å². The number of piperidine rings is 1. The van der Waals surface area contributed by atoms with Gasteiger partial charge in [0.25, 0.3) is 5.91 Å².